The molecule has 0 amide bonds. The Morgan fingerprint density at radius 1 is 1.00 bits per heavy atom. The molecule has 2 aromatic carbocycles. The highest BCUT2D eigenvalue weighted by Crippen LogP contribution is 2.17. The van der Waals surface area contributed by atoms with Gasteiger partial charge in [0, 0.05) is 4.47 Å². The minimum atomic E-state index is 0.628. The number of hydrogen-bond acceptors (Lipinski definition) is 1. The monoisotopic (exact) mass is 331 g/mol. The molecule has 0 spiro atoms. The molecule has 0 aliphatic rings. The predicted molar refractivity (Wildman–Crippen MR) is 90.1 cm³/mol. The van der Waals surface area contributed by atoms with Crippen molar-refractivity contribution in [1.82, 2.24) is 5.32 Å². The third-order valence-corrected chi connectivity index (χ3v) is 4.07. The summed E-state index contributed by atoms with van der Waals surface area (Å²) in [6.07, 6.45) is 2.24. The molecule has 0 bridgehead atoms. The molecule has 0 fully saturated rings. The fourth-order valence-corrected chi connectivity index (χ4v) is 2.90. The third-order valence-electron chi connectivity index (χ3n) is 3.54. The van der Waals surface area contributed by atoms with Crippen molar-refractivity contribution in [3.8, 4) is 0 Å². The Morgan fingerprint density at radius 2 is 1.70 bits per heavy atom. The third kappa shape index (κ3) is 4.77. The molecule has 0 radical (unpaired) electrons. The van der Waals surface area contributed by atoms with Gasteiger partial charge in [0.15, 0.2) is 0 Å². The Bertz CT molecular complexity index is 533. The first-order valence-electron chi connectivity index (χ1n) is 7.12. The Balaban J connectivity index is 2.05. The van der Waals surface area contributed by atoms with E-state index in [-0.39, 0.29) is 0 Å². The summed E-state index contributed by atoms with van der Waals surface area (Å²) in [5.74, 6) is 0.628. The van der Waals surface area contributed by atoms with Crippen molar-refractivity contribution in [3.05, 3.63) is 69.7 Å². The van der Waals surface area contributed by atoms with Crippen molar-refractivity contribution >= 4 is 15.9 Å². The summed E-state index contributed by atoms with van der Waals surface area (Å²) in [7, 11) is 2.03. The molecule has 0 aliphatic carbocycles. The molecule has 2 heteroatoms. The van der Waals surface area contributed by atoms with Crippen molar-refractivity contribution in [2.75, 3.05) is 13.6 Å². The van der Waals surface area contributed by atoms with Gasteiger partial charge in [-0.2, -0.15) is 0 Å². The molecule has 0 heterocycles. The fraction of sp³-hybridized carbons (Fsp3) is 0.333. The van der Waals surface area contributed by atoms with Crippen LogP contribution in [0.1, 0.15) is 16.7 Å². The van der Waals surface area contributed by atoms with E-state index in [4.69, 9.17) is 0 Å². The van der Waals surface area contributed by atoms with Crippen molar-refractivity contribution in [3.63, 3.8) is 0 Å². The summed E-state index contributed by atoms with van der Waals surface area (Å²) < 4.78 is 1.14. The van der Waals surface area contributed by atoms with Gasteiger partial charge in [0.05, 0.1) is 0 Å². The first-order chi connectivity index (χ1) is 9.67. The smallest absolute Gasteiger partial charge is 0.0175 e. The van der Waals surface area contributed by atoms with Crippen LogP contribution in [0.15, 0.2) is 53.0 Å². The molecular weight excluding hydrogens is 310 g/mol. The largest absolute Gasteiger partial charge is 0.319 e. The lowest BCUT2D eigenvalue weighted by Crippen LogP contribution is -2.22. The fourth-order valence-electron chi connectivity index (χ4n) is 2.63. The van der Waals surface area contributed by atoms with Crippen molar-refractivity contribution in [1.29, 1.82) is 0 Å². The molecule has 0 aliphatic heterocycles. The first-order valence-corrected chi connectivity index (χ1v) is 7.91. The molecule has 1 nitrogen and oxygen atoms in total. The molecule has 106 valence electrons. The summed E-state index contributed by atoms with van der Waals surface area (Å²) in [6, 6.07) is 17.5. The highest BCUT2D eigenvalue weighted by atomic mass is 79.9. The van der Waals surface area contributed by atoms with Crippen LogP contribution in [0.2, 0.25) is 0 Å². The van der Waals surface area contributed by atoms with E-state index < -0.39 is 0 Å². The van der Waals surface area contributed by atoms with Crippen LogP contribution in [0, 0.1) is 12.8 Å². The zero-order valence-electron chi connectivity index (χ0n) is 12.2. The molecule has 0 saturated heterocycles. The summed E-state index contributed by atoms with van der Waals surface area (Å²) in [4.78, 5) is 0. The second-order valence-electron chi connectivity index (χ2n) is 5.45. The maximum atomic E-state index is 3.49. The van der Waals surface area contributed by atoms with E-state index in [2.05, 4.69) is 76.7 Å². The Hall–Kier alpha value is -1.12. The average Bonchev–Trinajstić information content (AvgIpc) is 2.42. The van der Waals surface area contributed by atoms with E-state index in [1.807, 2.05) is 7.05 Å². The number of hydrogen-bond donors (Lipinski definition) is 1. The van der Waals surface area contributed by atoms with Gasteiger partial charge in [0.25, 0.3) is 0 Å². The van der Waals surface area contributed by atoms with E-state index in [1.54, 1.807) is 0 Å². The van der Waals surface area contributed by atoms with Gasteiger partial charge in [-0.05, 0) is 62.5 Å². The molecule has 0 aromatic heterocycles. The zero-order valence-corrected chi connectivity index (χ0v) is 13.8. The Kier molecular flexibility index (Phi) is 5.81. The number of halogens is 1. The van der Waals surface area contributed by atoms with Gasteiger partial charge in [-0.3, -0.25) is 0 Å². The SMILES string of the molecule is CNCC(Cc1ccc(Br)cc1)Cc1cccc(C)c1. The summed E-state index contributed by atoms with van der Waals surface area (Å²) in [5.41, 5.74) is 4.18. The maximum Gasteiger partial charge on any atom is 0.0175 e. The Morgan fingerprint density at radius 3 is 2.35 bits per heavy atom. The van der Waals surface area contributed by atoms with Gasteiger partial charge in [-0.25, -0.2) is 0 Å². The van der Waals surface area contributed by atoms with Crippen LogP contribution in [0.3, 0.4) is 0 Å². The van der Waals surface area contributed by atoms with Gasteiger partial charge in [0.2, 0.25) is 0 Å². The first kappa shape index (κ1) is 15.3. The number of benzene rings is 2. The lowest BCUT2D eigenvalue weighted by atomic mass is 9.92. The molecule has 1 unspecified atom stereocenters. The quantitative estimate of drug-likeness (QED) is 0.828. The average molecular weight is 332 g/mol. The van der Waals surface area contributed by atoms with Gasteiger partial charge in [0.1, 0.15) is 0 Å². The van der Waals surface area contributed by atoms with Crippen molar-refractivity contribution in [2.45, 2.75) is 19.8 Å². The van der Waals surface area contributed by atoms with E-state index >= 15 is 0 Å². The van der Waals surface area contributed by atoms with E-state index in [1.165, 1.54) is 16.7 Å². The molecule has 2 aromatic rings. The van der Waals surface area contributed by atoms with Crippen LogP contribution in [0.5, 0.6) is 0 Å². The van der Waals surface area contributed by atoms with E-state index in [9.17, 15) is 0 Å². The van der Waals surface area contributed by atoms with Crippen LogP contribution in [0.4, 0.5) is 0 Å². The molecule has 20 heavy (non-hydrogen) atoms. The summed E-state index contributed by atoms with van der Waals surface area (Å²) >= 11 is 3.49. The normalized spacial score (nSPS) is 12.3. The van der Waals surface area contributed by atoms with Crippen LogP contribution in [-0.2, 0) is 12.8 Å². The highest BCUT2D eigenvalue weighted by molar-refractivity contribution is 9.10. The summed E-state index contributed by atoms with van der Waals surface area (Å²) in [6.45, 7) is 3.20. The molecule has 0 saturated carbocycles. The minimum Gasteiger partial charge on any atom is -0.319 e. The summed E-state index contributed by atoms with van der Waals surface area (Å²) in [5, 5.41) is 3.33. The van der Waals surface area contributed by atoms with Crippen LogP contribution >= 0.6 is 15.9 Å². The number of nitrogens with one attached hydrogen (secondary N) is 1. The van der Waals surface area contributed by atoms with Crippen LogP contribution in [-0.4, -0.2) is 13.6 Å². The predicted octanol–water partition coefficient (Wildman–Crippen LogP) is 4.38. The topological polar surface area (TPSA) is 12.0 Å². The van der Waals surface area contributed by atoms with E-state index in [0.717, 1.165) is 23.9 Å². The second kappa shape index (κ2) is 7.61. The Labute approximate surface area is 130 Å². The number of aryl methyl sites for hydroxylation is 1. The van der Waals surface area contributed by atoms with Gasteiger partial charge in [-0.1, -0.05) is 57.9 Å². The molecular formula is C18H22BrN. The van der Waals surface area contributed by atoms with Gasteiger partial charge in [-0.15, -0.1) is 0 Å². The van der Waals surface area contributed by atoms with Crippen molar-refractivity contribution < 1.29 is 0 Å². The van der Waals surface area contributed by atoms with E-state index in [0.29, 0.717) is 5.92 Å². The minimum absolute atomic E-state index is 0.628. The lowest BCUT2D eigenvalue weighted by molar-refractivity contribution is 0.493. The second-order valence-corrected chi connectivity index (χ2v) is 6.36. The molecule has 1 N–H and O–H groups in total. The highest BCUT2D eigenvalue weighted by Gasteiger charge is 2.10. The number of rotatable bonds is 6. The van der Waals surface area contributed by atoms with Crippen LogP contribution in [0.25, 0.3) is 0 Å². The van der Waals surface area contributed by atoms with Gasteiger partial charge < -0.3 is 5.32 Å². The van der Waals surface area contributed by atoms with Gasteiger partial charge >= 0.3 is 0 Å². The maximum absolute atomic E-state index is 3.49. The zero-order chi connectivity index (χ0) is 14.4. The van der Waals surface area contributed by atoms with Crippen LogP contribution < -0.4 is 5.32 Å². The standard InChI is InChI=1S/C18H22BrN/c1-14-4-3-5-16(10-14)12-17(13-20-2)11-15-6-8-18(19)9-7-15/h3-10,17,20H,11-13H2,1-2H3. The lowest BCUT2D eigenvalue weighted by Gasteiger charge is -2.17. The van der Waals surface area contributed by atoms with Crippen molar-refractivity contribution in [2.24, 2.45) is 5.92 Å². The molecule has 2 rings (SSSR count). The molecule has 1 atom stereocenters.